The number of aryl methyl sites for hydroxylation is 1. The molecule has 2 aromatic heterocycles. The number of halogens is 1. The molecule has 0 saturated heterocycles. The molecule has 0 bridgehead atoms. The van der Waals surface area contributed by atoms with Crippen LogP contribution in [0.25, 0.3) is 5.82 Å². The average molecular weight is 373 g/mol. The molecule has 9 heteroatoms. The number of carbonyl (C=O) groups excluding carboxylic acids is 2. The number of aromatic nitrogens is 3. The number of nitrogens with zero attached hydrogens (tertiary/aromatic N) is 3. The molecule has 0 saturated carbocycles. The van der Waals surface area contributed by atoms with Crippen LogP contribution in [0.15, 0.2) is 36.5 Å². The van der Waals surface area contributed by atoms with Crippen LogP contribution in [0.4, 0.5) is 5.69 Å². The number of hydrogen-bond donors (Lipinski definition) is 3. The van der Waals surface area contributed by atoms with Gasteiger partial charge in [0, 0.05) is 17.8 Å². The lowest BCUT2D eigenvalue weighted by Crippen LogP contribution is -2.19. The zero-order valence-electron chi connectivity index (χ0n) is 13.5. The van der Waals surface area contributed by atoms with E-state index in [1.165, 1.54) is 18.3 Å². The maximum atomic E-state index is 12.7. The highest BCUT2D eigenvalue weighted by Gasteiger charge is 2.21. The number of benzene rings is 1. The molecule has 0 radical (unpaired) electrons. The molecule has 3 rings (SSSR count). The maximum absolute atomic E-state index is 12.7. The average Bonchev–Trinajstić information content (AvgIpc) is 2.99. The molecule has 3 N–H and O–H groups in total. The molecule has 0 spiro atoms. The summed E-state index contributed by atoms with van der Waals surface area (Å²) in [7, 11) is 0. The van der Waals surface area contributed by atoms with Crippen LogP contribution < -0.4 is 5.32 Å². The van der Waals surface area contributed by atoms with Crippen molar-refractivity contribution in [2.24, 2.45) is 0 Å². The molecule has 0 unspecified atom stereocenters. The number of carbonyl (C=O) groups is 2. The zero-order chi connectivity index (χ0) is 18.8. The molecule has 26 heavy (non-hydrogen) atoms. The van der Waals surface area contributed by atoms with Crippen molar-refractivity contribution < 1.29 is 19.8 Å². The van der Waals surface area contributed by atoms with E-state index in [0.717, 1.165) is 10.7 Å². The highest BCUT2D eigenvalue weighted by Crippen LogP contribution is 2.27. The first kappa shape index (κ1) is 17.4. The molecule has 1 aromatic carbocycles. The van der Waals surface area contributed by atoms with E-state index >= 15 is 0 Å². The summed E-state index contributed by atoms with van der Waals surface area (Å²) in [5, 5.41) is 26.0. The van der Waals surface area contributed by atoms with Gasteiger partial charge in [0.1, 0.15) is 11.4 Å². The fraction of sp³-hybridized carbons (Fsp3) is 0.0588. The number of rotatable bonds is 4. The van der Waals surface area contributed by atoms with E-state index in [1.54, 1.807) is 19.1 Å². The van der Waals surface area contributed by atoms with Gasteiger partial charge in [-0.3, -0.25) is 9.59 Å². The summed E-state index contributed by atoms with van der Waals surface area (Å²) in [6.45, 7) is 1.63. The standard InChI is InChI=1S/C17H13ClN4O4/c1-9-5-11(24)6-10(8-23)15(9)20-17(26)13-7-14(25)21-22(13)16-12(18)3-2-4-19-16/h2-8,24H,1H3,(H,20,26)(H,21,25). The summed E-state index contributed by atoms with van der Waals surface area (Å²) in [6, 6.07) is 6.98. The minimum Gasteiger partial charge on any atom is -0.508 e. The van der Waals surface area contributed by atoms with Crippen LogP contribution in [0.3, 0.4) is 0 Å². The van der Waals surface area contributed by atoms with E-state index in [4.69, 9.17) is 11.6 Å². The van der Waals surface area contributed by atoms with Crippen molar-refractivity contribution in [3.05, 3.63) is 58.4 Å². The van der Waals surface area contributed by atoms with Crippen molar-refractivity contribution in [3.8, 4) is 17.4 Å². The topological polar surface area (TPSA) is 117 Å². The van der Waals surface area contributed by atoms with Crippen molar-refractivity contribution >= 4 is 29.5 Å². The highest BCUT2D eigenvalue weighted by atomic mass is 35.5. The molecule has 8 nitrogen and oxygen atoms in total. The van der Waals surface area contributed by atoms with Gasteiger partial charge in [-0.15, -0.1) is 5.10 Å². The Hall–Kier alpha value is -3.39. The van der Waals surface area contributed by atoms with Crippen LogP contribution in [0, 0.1) is 6.92 Å². The monoisotopic (exact) mass is 372 g/mol. The molecule has 1 amide bonds. The van der Waals surface area contributed by atoms with Gasteiger partial charge < -0.3 is 15.5 Å². The highest BCUT2D eigenvalue weighted by molar-refractivity contribution is 6.32. The number of phenolic OH excluding ortho intramolecular Hbond substituents is 1. The van der Waals surface area contributed by atoms with Gasteiger partial charge in [-0.25, -0.2) is 9.67 Å². The molecule has 3 aromatic rings. The zero-order valence-corrected chi connectivity index (χ0v) is 14.2. The second-order valence-corrected chi connectivity index (χ2v) is 5.81. The number of amides is 1. The first-order valence-electron chi connectivity index (χ1n) is 7.40. The molecule has 0 aliphatic rings. The second-order valence-electron chi connectivity index (χ2n) is 5.41. The van der Waals surface area contributed by atoms with Crippen LogP contribution >= 0.6 is 11.6 Å². The predicted molar refractivity (Wildman–Crippen MR) is 94.2 cm³/mol. The third kappa shape index (κ3) is 3.22. The van der Waals surface area contributed by atoms with Gasteiger partial charge in [0.15, 0.2) is 12.1 Å². The fourth-order valence-corrected chi connectivity index (χ4v) is 2.66. The number of nitrogens with one attached hydrogen (secondary N) is 1. The number of aromatic hydroxyl groups is 2. The quantitative estimate of drug-likeness (QED) is 0.478. The summed E-state index contributed by atoms with van der Waals surface area (Å²) in [5.41, 5.74) is 0.809. The maximum Gasteiger partial charge on any atom is 0.274 e. The number of aldehydes is 1. The number of hydrogen-bond acceptors (Lipinski definition) is 6. The van der Waals surface area contributed by atoms with E-state index in [-0.39, 0.29) is 33.5 Å². The normalized spacial score (nSPS) is 10.5. The van der Waals surface area contributed by atoms with Crippen LogP contribution in [0.2, 0.25) is 5.02 Å². The molecule has 2 heterocycles. The largest absolute Gasteiger partial charge is 0.508 e. The Balaban J connectivity index is 2.03. The van der Waals surface area contributed by atoms with E-state index < -0.39 is 11.8 Å². The summed E-state index contributed by atoms with van der Waals surface area (Å²) in [5.74, 6) is -0.963. The third-order valence-corrected chi connectivity index (χ3v) is 3.88. The van der Waals surface area contributed by atoms with Crippen LogP contribution in [-0.4, -0.2) is 37.2 Å². The number of anilines is 1. The van der Waals surface area contributed by atoms with Crippen LogP contribution in [0.5, 0.6) is 11.6 Å². The summed E-state index contributed by atoms with van der Waals surface area (Å²) in [6.07, 6.45) is 1.99. The molecule has 0 fully saturated rings. The van der Waals surface area contributed by atoms with E-state index in [2.05, 4.69) is 15.4 Å². The van der Waals surface area contributed by atoms with Crippen molar-refractivity contribution in [1.29, 1.82) is 0 Å². The van der Waals surface area contributed by atoms with E-state index in [1.807, 2.05) is 0 Å². The van der Waals surface area contributed by atoms with Gasteiger partial charge >= 0.3 is 0 Å². The molecule has 0 atom stereocenters. The summed E-state index contributed by atoms with van der Waals surface area (Å²) < 4.78 is 1.10. The molecule has 0 aliphatic heterocycles. The van der Waals surface area contributed by atoms with Crippen molar-refractivity contribution in [1.82, 2.24) is 14.8 Å². The lowest BCUT2D eigenvalue weighted by Gasteiger charge is -2.12. The lowest BCUT2D eigenvalue weighted by molar-refractivity contribution is 0.101. The fourth-order valence-electron chi connectivity index (χ4n) is 2.46. The second kappa shape index (κ2) is 6.85. The van der Waals surface area contributed by atoms with Crippen molar-refractivity contribution in [3.63, 3.8) is 0 Å². The van der Waals surface area contributed by atoms with Crippen molar-refractivity contribution in [2.75, 3.05) is 5.32 Å². The number of pyridine rings is 1. The third-order valence-electron chi connectivity index (χ3n) is 3.59. The van der Waals surface area contributed by atoms with Crippen molar-refractivity contribution in [2.45, 2.75) is 6.92 Å². The molecule has 0 aliphatic carbocycles. The first-order chi connectivity index (χ1) is 12.4. The Morgan fingerprint density at radius 3 is 2.77 bits per heavy atom. The van der Waals surface area contributed by atoms with Gasteiger partial charge in [0.2, 0.25) is 5.88 Å². The van der Waals surface area contributed by atoms with Gasteiger partial charge in [-0.2, -0.15) is 0 Å². The van der Waals surface area contributed by atoms with Gasteiger partial charge in [-0.1, -0.05) is 11.6 Å². The number of phenols is 1. The van der Waals surface area contributed by atoms with Gasteiger partial charge in [0.25, 0.3) is 5.91 Å². The Morgan fingerprint density at radius 1 is 1.31 bits per heavy atom. The van der Waals surface area contributed by atoms with Gasteiger partial charge in [-0.05, 0) is 36.8 Å². The minimum absolute atomic E-state index is 0.0348. The SMILES string of the molecule is Cc1cc(O)cc(C=O)c1NC(=O)c1cc(O)nn1-c1ncccc1Cl. The smallest absolute Gasteiger partial charge is 0.274 e. The lowest BCUT2D eigenvalue weighted by atomic mass is 10.1. The van der Waals surface area contributed by atoms with E-state index in [9.17, 15) is 19.8 Å². The molecular formula is C17H13ClN4O4. The van der Waals surface area contributed by atoms with Crippen LogP contribution in [0.1, 0.15) is 26.4 Å². The van der Waals surface area contributed by atoms with Crippen LogP contribution in [-0.2, 0) is 0 Å². The Morgan fingerprint density at radius 2 is 2.08 bits per heavy atom. The Bertz CT molecular complexity index is 1020. The summed E-state index contributed by atoms with van der Waals surface area (Å²) >= 11 is 6.08. The summed E-state index contributed by atoms with van der Waals surface area (Å²) in [4.78, 5) is 28.0. The Labute approximate surface area is 152 Å². The van der Waals surface area contributed by atoms with E-state index in [0.29, 0.717) is 11.8 Å². The molecular weight excluding hydrogens is 360 g/mol. The minimum atomic E-state index is -0.642. The first-order valence-corrected chi connectivity index (χ1v) is 7.78. The predicted octanol–water partition coefficient (Wildman–Crippen LogP) is 2.71. The Kier molecular flexibility index (Phi) is 4.59. The van der Waals surface area contributed by atoms with Gasteiger partial charge in [0.05, 0.1) is 10.7 Å². The molecule has 132 valence electrons.